The van der Waals surface area contributed by atoms with Crippen molar-refractivity contribution in [1.29, 1.82) is 0 Å². The number of fused-ring (bicyclic) bond motifs is 1. The molecule has 2 heterocycles. The second-order valence-corrected chi connectivity index (χ2v) is 3.87. The Kier molecular flexibility index (Phi) is 3.39. The molecule has 0 unspecified atom stereocenters. The molecule has 0 aromatic carbocycles. The molecule has 0 bridgehead atoms. The van der Waals surface area contributed by atoms with E-state index >= 15 is 0 Å². The molecule has 1 amide bonds. The number of pyridine rings is 1. The van der Waals surface area contributed by atoms with Crippen LogP contribution < -0.4 is 5.32 Å². The third kappa shape index (κ3) is 2.45. The maximum Gasteiger partial charge on any atom is 0.253 e. The van der Waals surface area contributed by atoms with Crippen LogP contribution in [-0.4, -0.2) is 33.0 Å². The lowest BCUT2D eigenvalue weighted by atomic mass is 10.2. The van der Waals surface area contributed by atoms with E-state index in [0.29, 0.717) is 12.0 Å². The van der Waals surface area contributed by atoms with Gasteiger partial charge in [0.2, 0.25) is 0 Å². The van der Waals surface area contributed by atoms with E-state index in [-0.39, 0.29) is 18.6 Å². The van der Waals surface area contributed by atoms with E-state index in [1.165, 1.54) is 0 Å². The van der Waals surface area contributed by atoms with Crippen molar-refractivity contribution in [2.45, 2.75) is 19.4 Å². The van der Waals surface area contributed by atoms with Crippen LogP contribution in [0.2, 0.25) is 0 Å². The maximum absolute atomic E-state index is 11.9. The highest BCUT2D eigenvalue weighted by Crippen LogP contribution is 2.05. The average Bonchev–Trinajstić information content (AvgIpc) is 2.82. The summed E-state index contributed by atoms with van der Waals surface area (Å²) in [6.45, 7) is 1.87. The summed E-state index contributed by atoms with van der Waals surface area (Å²) in [5.41, 5.74) is 1.36. The number of aliphatic hydroxyl groups is 1. The molecule has 0 aliphatic carbocycles. The fraction of sp³-hybridized carbons (Fsp3) is 0.333. The molecule has 2 N–H and O–H groups in total. The highest BCUT2D eigenvalue weighted by atomic mass is 16.3. The highest BCUT2D eigenvalue weighted by Gasteiger charge is 2.11. The minimum atomic E-state index is -0.194. The standard InChI is InChI=1S/C12H15N3O2/c1-2-10(8-16)14-12(17)9-3-4-11-13-5-6-15(11)7-9/h3-7,10,16H,2,8H2,1H3,(H,14,17)/t10-/m1/s1. The lowest BCUT2D eigenvalue weighted by molar-refractivity contribution is 0.0914. The van der Waals surface area contributed by atoms with Crippen LogP contribution in [0, 0.1) is 0 Å². The number of aliphatic hydroxyl groups excluding tert-OH is 1. The first-order valence-electron chi connectivity index (χ1n) is 5.59. The summed E-state index contributed by atoms with van der Waals surface area (Å²) in [4.78, 5) is 16.0. The van der Waals surface area contributed by atoms with Gasteiger partial charge in [-0.2, -0.15) is 0 Å². The molecule has 2 aromatic rings. The number of aromatic nitrogens is 2. The van der Waals surface area contributed by atoms with Gasteiger partial charge in [-0.05, 0) is 18.6 Å². The van der Waals surface area contributed by atoms with Crippen molar-refractivity contribution in [3.05, 3.63) is 36.3 Å². The Hall–Kier alpha value is -1.88. The first kappa shape index (κ1) is 11.6. The first-order valence-corrected chi connectivity index (χ1v) is 5.59. The number of nitrogens with zero attached hydrogens (tertiary/aromatic N) is 2. The lowest BCUT2D eigenvalue weighted by Crippen LogP contribution is -2.37. The molecular formula is C12H15N3O2. The molecule has 0 fully saturated rings. The van der Waals surface area contributed by atoms with Crippen molar-refractivity contribution < 1.29 is 9.90 Å². The van der Waals surface area contributed by atoms with Crippen molar-refractivity contribution in [2.24, 2.45) is 0 Å². The molecule has 0 aliphatic heterocycles. The van der Waals surface area contributed by atoms with Gasteiger partial charge in [0.1, 0.15) is 5.65 Å². The predicted octanol–water partition coefficient (Wildman–Crippen LogP) is 0.835. The van der Waals surface area contributed by atoms with Gasteiger partial charge in [0.05, 0.1) is 18.2 Å². The quantitative estimate of drug-likeness (QED) is 0.822. The van der Waals surface area contributed by atoms with Gasteiger partial charge in [-0.3, -0.25) is 4.79 Å². The van der Waals surface area contributed by atoms with E-state index in [0.717, 1.165) is 5.65 Å². The number of carbonyl (C=O) groups excluding carboxylic acids is 1. The Labute approximate surface area is 99.1 Å². The zero-order chi connectivity index (χ0) is 12.3. The second kappa shape index (κ2) is 4.97. The molecule has 17 heavy (non-hydrogen) atoms. The van der Waals surface area contributed by atoms with Gasteiger partial charge in [0.25, 0.3) is 5.91 Å². The highest BCUT2D eigenvalue weighted by molar-refractivity contribution is 5.94. The van der Waals surface area contributed by atoms with E-state index in [1.54, 1.807) is 35.1 Å². The first-order chi connectivity index (χ1) is 8.24. The van der Waals surface area contributed by atoms with E-state index in [1.807, 2.05) is 6.92 Å². The monoisotopic (exact) mass is 233 g/mol. The van der Waals surface area contributed by atoms with Crippen molar-refractivity contribution in [1.82, 2.24) is 14.7 Å². The molecule has 0 saturated heterocycles. The van der Waals surface area contributed by atoms with Crippen molar-refractivity contribution in [3.8, 4) is 0 Å². The summed E-state index contributed by atoms with van der Waals surface area (Å²) in [6, 6.07) is 3.32. The molecule has 0 aliphatic rings. The lowest BCUT2D eigenvalue weighted by Gasteiger charge is -2.13. The average molecular weight is 233 g/mol. The third-order valence-corrected chi connectivity index (χ3v) is 2.70. The van der Waals surface area contributed by atoms with Crippen LogP contribution in [0.4, 0.5) is 0 Å². The Bertz CT molecular complexity index is 517. The van der Waals surface area contributed by atoms with Crippen molar-refractivity contribution in [3.63, 3.8) is 0 Å². The van der Waals surface area contributed by atoms with Crippen LogP contribution in [-0.2, 0) is 0 Å². The number of hydrogen-bond acceptors (Lipinski definition) is 3. The predicted molar refractivity (Wildman–Crippen MR) is 63.8 cm³/mol. The van der Waals surface area contributed by atoms with Crippen LogP contribution in [0.3, 0.4) is 0 Å². The molecule has 0 spiro atoms. The molecule has 2 rings (SSSR count). The maximum atomic E-state index is 11.9. The molecule has 1 atom stereocenters. The molecule has 90 valence electrons. The Balaban J connectivity index is 2.18. The van der Waals surface area contributed by atoms with Gasteiger partial charge in [0.15, 0.2) is 0 Å². The van der Waals surface area contributed by atoms with E-state index in [2.05, 4.69) is 10.3 Å². The topological polar surface area (TPSA) is 66.6 Å². The molecule has 0 saturated carbocycles. The summed E-state index contributed by atoms with van der Waals surface area (Å²) in [7, 11) is 0. The molecule has 2 aromatic heterocycles. The Morgan fingerprint density at radius 2 is 2.41 bits per heavy atom. The van der Waals surface area contributed by atoms with Gasteiger partial charge < -0.3 is 14.8 Å². The van der Waals surface area contributed by atoms with Crippen LogP contribution >= 0.6 is 0 Å². The normalized spacial score (nSPS) is 12.6. The number of amides is 1. The zero-order valence-electron chi connectivity index (χ0n) is 9.63. The van der Waals surface area contributed by atoms with Crippen molar-refractivity contribution in [2.75, 3.05) is 6.61 Å². The number of imidazole rings is 1. The summed E-state index contributed by atoms with van der Waals surface area (Å²) in [6.07, 6.45) is 5.90. The molecule has 5 nitrogen and oxygen atoms in total. The van der Waals surface area contributed by atoms with E-state index in [9.17, 15) is 4.79 Å². The van der Waals surface area contributed by atoms with E-state index in [4.69, 9.17) is 5.11 Å². The number of nitrogens with one attached hydrogen (secondary N) is 1. The SMILES string of the molecule is CC[C@H](CO)NC(=O)c1ccc2nccn2c1. The number of carbonyl (C=O) groups is 1. The Morgan fingerprint density at radius 3 is 3.12 bits per heavy atom. The van der Waals surface area contributed by atoms with E-state index < -0.39 is 0 Å². The molecule has 5 heteroatoms. The molecular weight excluding hydrogens is 218 g/mol. The van der Waals surface area contributed by atoms with Crippen molar-refractivity contribution >= 4 is 11.6 Å². The molecule has 0 radical (unpaired) electrons. The largest absolute Gasteiger partial charge is 0.394 e. The van der Waals surface area contributed by atoms with Gasteiger partial charge in [-0.15, -0.1) is 0 Å². The Morgan fingerprint density at radius 1 is 1.59 bits per heavy atom. The number of hydrogen-bond donors (Lipinski definition) is 2. The summed E-state index contributed by atoms with van der Waals surface area (Å²) in [5.74, 6) is -0.179. The van der Waals surface area contributed by atoms with Gasteiger partial charge in [0, 0.05) is 18.6 Å². The summed E-state index contributed by atoms with van der Waals surface area (Å²) < 4.78 is 1.79. The van der Waals surface area contributed by atoms with Gasteiger partial charge >= 0.3 is 0 Å². The minimum Gasteiger partial charge on any atom is -0.394 e. The van der Waals surface area contributed by atoms with Crippen LogP contribution in [0.25, 0.3) is 5.65 Å². The second-order valence-electron chi connectivity index (χ2n) is 3.87. The fourth-order valence-electron chi connectivity index (χ4n) is 1.60. The fourth-order valence-corrected chi connectivity index (χ4v) is 1.60. The summed E-state index contributed by atoms with van der Waals surface area (Å²) in [5, 5.41) is 11.8. The number of rotatable bonds is 4. The van der Waals surface area contributed by atoms with Gasteiger partial charge in [-0.25, -0.2) is 4.98 Å². The van der Waals surface area contributed by atoms with Gasteiger partial charge in [-0.1, -0.05) is 6.92 Å². The van der Waals surface area contributed by atoms with Crippen LogP contribution in [0.1, 0.15) is 23.7 Å². The van der Waals surface area contributed by atoms with Crippen LogP contribution in [0.5, 0.6) is 0 Å². The third-order valence-electron chi connectivity index (χ3n) is 2.70. The zero-order valence-corrected chi connectivity index (χ0v) is 9.63. The smallest absolute Gasteiger partial charge is 0.253 e. The summed E-state index contributed by atoms with van der Waals surface area (Å²) >= 11 is 0. The minimum absolute atomic E-state index is 0.0461. The van der Waals surface area contributed by atoms with Crippen LogP contribution in [0.15, 0.2) is 30.7 Å².